The Morgan fingerprint density at radius 2 is 1.79 bits per heavy atom. The molecule has 2 rings (SSSR count). The molecule has 0 bridgehead atoms. The molecule has 1 heterocycles. The van der Waals surface area contributed by atoms with Gasteiger partial charge in [0.1, 0.15) is 24.0 Å². The Balaban J connectivity index is 2.20. The predicted octanol–water partition coefficient (Wildman–Crippen LogP) is 5.12. The normalized spacial score (nSPS) is 16.4. The highest BCUT2D eigenvalue weighted by Gasteiger charge is 2.41. The molecule has 1 aliphatic heterocycles. The second-order valence-corrected chi connectivity index (χ2v) is 17.1. The van der Waals surface area contributed by atoms with E-state index in [1.165, 1.54) is 0 Å². The molecule has 1 aromatic rings. The van der Waals surface area contributed by atoms with Crippen LogP contribution in [-0.2, 0) is 14.3 Å². The fourth-order valence-corrected chi connectivity index (χ4v) is 4.84. The molecular formula is C28H44N2O7Si. The van der Waals surface area contributed by atoms with E-state index < -0.39 is 25.8 Å². The van der Waals surface area contributed by atoms with Crippen LogP contribution in [-0.4, -0.2) is 81.3 Å². The topological polar surface area (TPSA) is 94.6 Å². The maximum Gasteiger partial charge on any atom is 0.417 e. The van der Waals surface area contributed by atoms with Crippen molar-refractivity contribution in [3.63, 3.8) is 0 Å². The molecule has 1 atom stereocenters. The van der Waals surface area contributed by atoms with Gasteiger partial charge in [-0.2, -0.15) is 0 Å². The van der Waals surface area contributed by atoms with Crippen LogP contribution in [0.1, 0.15) is 40.0 Å². The number of amides is 3. The Morgan fingerprint density at radius 1 is 1.11 bits per heavy atom. The number of benzene rings is 1. The van der Waals surface area contributed by atoms with Crippen molar-refractivity contribution in [3.05, 3.63) is 30.4 Å². The van der Waals surface area contributed by atoms with Crippen LogP contribution in [0.15, 0.2) is 30.4 Å². The number of nitrogens with zero attached hydrogens (tertiary/aromatic N) is 2. The Bertz CT molecular complexity index is 998. The lowest BCUT2D eigenvalue weighted by Crippen LogP contribution is -2.56. The second kappa shape index (κ2) is 13.7. The van der Waals surface area contributed by atoms with E-state index in [1.807, 2.05) is 6.08 Å². The number of methoxy groups -OCH3 is 2. The van der Waals surface area contributed by atoms with E-state index in [4.69, 9.17) is 18.9 Å². The fraction of sp³-hybridized carbons (Fsp3) is 0.607. The predicted molar refractivity (Wildman–Crippen MR) is 150 cm³/mol. The summed E-state index contributed by atoms with van der Waals surface area (Å²) >= 11 is 0. The van der Waals surface area contributed by atoms with Gasteiger partial charge in [-0.25, -0.2) is 9.69 Å². The number of imide groups is 1. The van der Waals surface area contributed by atoms with Crippen LogP contribution in [0.4, 0.5) is 4.79 Å². The summed E-state index contributed by atoms with van der Waals surface area (Å²) in [7, 11) is 1.83. The van der Waals surface area contributed by atoms with Gasteiger partial charge in [-0.15, -0.1) is 0 Å². The lowest BCUT2D eigenvalue weighted by Gasteiger charge is -2.36. The van der Waals surface area contributed by atoms with Crippen LogP contribution in [0.25, 0.3) is 0 Å². The Morgan fingerprint density at radius 3 is 2.39 bits per heavy atom. The number of hydrogen-bond donors (Lipinski definition) is 0. The molecule has 0 saturated carbocycles. The smallest absolute Gasteiger partial charge is 0.417 e. The van der Waals surface area contributed by atoms with E-state index in [0.717, 1.165) is 10.9 Å². The van der Waals surface area contributed by atoms with Crippen molar-refractivity contribution >= 4 is 26.0 Å². The molecule has 3 amide bonds. The molecule has 0 aliphatic carbocycles. The molecule has 9 nitrogen and oxygen atoms in total. The standard InChI is InChI=1S/C28H44N2O7Si/c1-28(2,3)37-27(33)30-22(12-11-13-25(30)31)26(32)29(16-9-10-19-38(6,7)8)17-18-36-21-14-15-23(34-4)24(20-21)35-5/h9-10,14-15,20,22H,11-13,16-19H2,1-8H3/b10-9+. The van der Waals surface area contributed by atoms with Crippen LogP contribution in [0.2, 0.25) is 25.7 Å². The summed E-state index contributed by atoms with van der Waals surface area (Å²) < 4.78 is 22.0. The molecule has 0 aromatic heterocycles. The zero-order valence-corrected chi connectivity index (χ0v) is 25.2. The van der Waals surface area contributed by atoms with Gasteiger partial charge in [0.25, 0.3) is 0 Å². The minimum atomic E-state index is -1.28. The SMILES string of the molecule is COc1ccc(OCCN(C/C=C/C[Si](C)(C)C)C(=O)C2CCCC(=O)N2C(=O)OC(C)(C)C)cc1OC. The van der Waals surface area contributed by atoms with Crippen molar-refractivity contribution in [1.29, 1.82) is 0 Å². The molecule has 0 spiro atoms. The molecule has 0 radical (unpaired) electrons. The minimum Gasteiger partial charge on any atom is -0.493 e. The molecule has 212 valence electrons. The van der Waals surface area contributed by atoms with Crippen molar-refractivity contribution in [2.45, 2.75) is 77.4 Å². The number of hydrogen-bond acceptors (Lipinski definition) is 7. The van der Waals surface area contributed by atoms with Crippen molar-refractivity contribution in [3.8, 4) is 17.2 Å². The van der Waals surface area contributed by atoms with E-state index in [2.05, 4.69) is 25.7 Å². The molecule has 10 heteroatoms. The average Bonchev–Trinajstić information content (AvgIpc) is 2.82. The monoisotopic (exact) mass is 548 g/mol. The number of ether oxygens (including phenoxy) is 4. The van der Waals surface area contributed by atoms with Gasteiger partial charge in [0.15, 0.2) is 11.5 Å². The summed E-state index contributed by atoms with van der Waals surface area (Å²) in [5.74, 6) is 1.03. The first-order valence-electron chi connectivity index (χ1n) is 13.1. The van der Waals surface area contributed by atoms with Crippen LogP contribution in [0, 0.1) is 0 Å². The van der Waals surface area contributed by atoms with Gasteiger partial charge in [-0.3, -0.25) is 9.59 Å². The van der Waals surface area contributed by atoms with Crippen LogP contribution in [0.5, 0.6) is 17.2 Å². The van der Waals surface area contributed by atoms with E-state index in [9.17, 15) is 14.4 Å². The lowest BCUT2D eigenvalue weighted by atomic mass is 10.0. The van der Waals surface area contributed by atoms with Gasteiger partial charge >= 0.3 is 6.09 Å². The zero-order chi connectivity index (χ0) is 28.5. The molecule has 0 N–H and O–H groups in total. The molecule has 1 unspecified atom stereocenters. The molecular weight excluding hydrogens is 504 g/mol. The summed E-state index contributed by atoms with van der Waals surface area (Å²) in [6.45, 7) is 12.9. The van der Waals surface area contributed by atoms with Crippen molar-refractivity contribution in [2.24, 2.45) is 0 Å². The second-order valence-electron chi connectivity index (χ2n) is 11.5. The third kappa shape index (κ3) is 9.70. The Hall–Kier alpha value is -3.01. The highest BCUT2D eigenvalue weighted by Crippen LogP contribution is 2.31. The van der Waals surface area contributed by atoms with Crippen LogP contribution in [0.3, 0.4) is 0 Å². The summed E-state index contributed by atoms with van der Waals surface area (Å²) in [6.07, 6.45) is 4.46. The first-order chi connectivity index (χ1) is 17.8. The van der Waals surface area contributed by atoms with Gasteiger partial charge in [-0.05, 0) is 51.8 Å². The largest absolute Gasteiger partial charge is 0.493 e. The molecule has 1 aromatic carbocycles. The van der Waals surface area contributed by atoms with Gasteiger partial charge in [0.05, 0.1) is 20.8 Å². The zero-order valence-electron chi connectivity index (χ0n) is 24.2. The lowest BCUT2D eigenvalue weighted by molar-refractivity contribution is -0.147. The molecule has 1 saturated heterocycles. The van der Waals surface area contributed by atoms with E-state index >= 15 is 0 Å². The minimum absolute atomic E-state index is 0.210. The van der Waals surface area contributed by atoms with E-state index in [1.54, 1.807) is 58.1 Å². The Kier molecular flexibility index (Phi) is 11.2. The number of carbonyl (C=O) groups excluding carboxylic acids is 3. The van der Waals surface area contributed by atoms with Gasteiger partial charge in [0.2, 0.25) is 11.8 Å². The van der Waals surface area contributed by atoms with Crippen molar-refractivity contribution in [2.75, 3.05) is 33.9 Å². The van der Waals surface area contributed by atoms with Crippen molar-refractivity contribution < 1.29 is 33.3 Å². The van der Waals surface area contributed by atoms with E-state index in [-0.39, 0.29) is 31.4 Å². The number of rotatable bonds is 11. The van der Waals surface area contributed by atoms with Crippen LogP contribution >= 0.6 is 0 Å². The molecule has 1 fully saturated rings. The third-order valence-electron chi connectivity index (χ3n) is 5.84. The molecule has 1 aliphatic rings. The van der Waals surface area contributed by atoms with Gasteiger partial charge in [-0.1, -0.05) is 31.8 Å². The molecule has 38 heavy (non-hydrogen) atoms. The first-order valence-corrected chi connectivity index (χ1v) is 16.8. The maximum absolute atomic E-state index is 13.7. The fourth-order valence-electron chi connectivity index (χ4n) is 3.96. The van der Waals surface area contributed by atoms with Crippen molar-refractivity contribution in [1.82, 2.24) is 9.80 Å². The number of likely N-dealkylation sites (tertiary alicyclic amines) is 1. The number of piperidine rings is 1. The highest BCUT2D eigenvalue weighted by atomic mass is 28.3. The summed E-state index contributed by atoms with van der Waals surface area (Å²) in [5, 5.41) is 0. The maximum atomic E-state index is 13.7. The first kappa shape index (κ1) is 31.2. The van der Waals surface area contributed by atoms with Gasteiger partial charge < -0.3 is 23.8 Å². The van der Waals surface area contributed by atoms with Gasteiger partial charge in [0, 0.05) is 27.1 Å². The number of allylic oxidation sites excluding steroid dienone is 1. The number of carbonyl (C=O) groups is 3. The summed E-state index contributed by atoms with van der Waals surface area (Å²) in [6, 6.07) is 5.33. The quantitative estimate of drug-likeness (QED) is 0.280. The van der Waals surface area contributed by atoms with Crippen LogP contribution < -0.4 is 14.2 Å². The Labute approximate surface area is 228 Å². The summed E-state index contributed by atoms with van der Waals surface area (Å²) in [4.78, 5) is 42.0. The highest BCUT2D eigenvalue weighted by molar-refractivity contribution is 6.76. The average molecular weight is 549 g/mol. The van der Waals surface area contributed by atoms with E-state index in [0.29, 0.717) is 36.6 Å². The summed E-state index contributed by atoms with van der Waals surface area (Å²) in [5.41, 5.74) is -0.783. The third-order valence-corrected chi connectivity index (χ3v) is 7.30.